The van der Waals surface area contributed by atoms with Crippen LogP contribution in [0.15, 0.2) is 18.2 Å². The van der Waals surface area contributed by atoms with Gasteiger partial charge in [0.1, 0.15) is 0 Å². The van der Waals surface area contributed by atoms with Crippen LogP contribution in [0, 0.1) is 0 Å². The minimum absolute atomic E-state index is 0.0437. The lowest BCUT2D eigenvalue weighted by molar-refractivity contribution is 0.0783. The number of phenolic OH excluding ortho intramolecular Hbond substituents is 2. The molecule has 0 fully saturated rings. The van der Waals surface area contributed by atoms with Crippen LogP contribution >= 0.6 is 15.9 Å². The second kappa shape index (κ2) is 6.61. The summed E-state index contributed by atoms with van der Waals surface area (Å²) in [5, 5.41) is 18.5. The number of aromatic hydroxyl groups is 2. The van der Waals surface area contributed by atoms with E-state index in [1.54, 1.807) is 14.2 Å². The summed E-state index contributed by atoms with van der Waals surface area (Å²) >= 11 is 3.40. The van der Waals surface area contributed by atoms with Gasteiger partial charge in [0.2, 0.25) is 0 Å². The molecule has 0 heterocycles. The summed E-state index contributed by atoms with van der Waals surface area (Å²) in [5.74, 6) is -0.778. The molecule has 1 amide bonds. The van der Waals surface area contributed by atoms with Gasteiger partial charge in [0, 0.05) is 26.3 Å². The molecule has 18 heavy (non-hydrogen) atoms. The minimum Gasteiger partial charge on any atom is -0.504 e. The number of halogens is 1. The molecular weight excluding hydrogens is 302 g/mol. The molecule has 1 unspecified atom stereocenters. The lowest BCUT2D eigenvalue weighted by Gasteiger charge is -2.20. The molecule has 1 atom stereocenters. The van der Waals surface area contributed by atoms with Crippen LogP contribution < -0.4 is 0 Å². The number of ether oxygens (including phenoxy) is 1. The van der Waals surface area contributed by atoms with Gasteiger partial charge in [-0.1, -0.05) is 15.9 Å². The minimum atomic E-state index is -0.304. The molecule has 0 spiro atoms. The fraction of sp³-hybridized carbons (Fsp3) is 0.417. The van der Waals surface area contributed by atoms with Crippen LogP contribution in [0.5, 0.6) is 11.5 Å². The zero-order chi connectivity index (χ0) is 13.7. The van der Waals surface area contributed by atoms with Gasteiger partial charge in [-0.05, 0) is 18.2 Å². The second-order valence-corrected chi connectivity index (χ2v) is 5.24. The van der Waals surface area contributed by atoms with Gasteiger partial charge in [-0.2, -0.15) is 0 Å². The lowest BCUT2D eigenvalue weighted by Crippen LogP contribution is -2.33. The average Bonchev–Trinajstić information content (AvgIpc) is 2.32. The van der Waals surface area contributed by atoms with Crippen molar-refractivity contribution in [1.29, 1.82) is 0 Å². The van der Waals surface area contributed by atoms with E-state index >= 15 is 0 Å². The highest BCUT2D eigenvalue weighted by molar-refractivity contribution is 9.09. The largest absolute Gasteiger partial charge is 0.504 e. The highest BCUT2D eigenvalue weighted by Crippen LogP contribution is 2.25. The molecule has 2 N–H and O–H groups in total. The second-order valence-electron chi connectivity index (χ2n) is 3.94. The Kier molecular flexibility index (Phi) is 5.43. The van der Waals surface area contributed by atoms with E-state index in [0.29, 0.717) is 18.7 Å². The number of methoxy groups -OCH3 is 1. The Balaban J connectivity index is 2.71. The number of rotatable bonds is 5. The van der Waals surface area contributed by atoms with Crippen LogP contribution in [0.2, 0.25) is 0 Å². The molecule has 1 aromatic carbocycles. The Morgan fingerprint density at radius 2 is 2.11 bits per heavy atom. The van der Waals surface area contributed by atoms with Gasteiger partial charge < -0.3 is 19.8 Å². The van der Waals surface area contributed by atoms with Crippen molar-refractivity contribution in [3.63, 3.8) is 0 Å². The Morgan fingerprint density at radius 3 is 2.67 bits per heavy atom. The standard InChI is InChI=1S/C12H16BrNO4/c1-14(6-9(13)7-18-2)12(17)8-3-4-10(15)11(16)5-8/h3-5,9,15-16H,6-7H2,1-2H3. The van der Waals surface area contributed by atoms with Gasteiger partial charge in [0.25, 0.3) is 5.91 Å². The Hall–Kier alpha value is -1.27. The lowest BCUT2D eigenvalue weighted by atomic mass is 10.1. The number of amides is 1. The van der Waals surface area contributed by atoms with E-state index < -0.39 is 0 Å². The van der Waals surface area contributed by atoms with E-state index in [2.05, 4.69) is 15.9 Å². The van der Waals surface area contributed by atoms with Crippen molar-refractivity contribution in [2.24, 2.45) is 0 Å². The molecule has 0 aliphatic heterocycles. The van der Waals surface area contributed by atoms with Crippen molar-refractivity contribution in [2.75, 3.05) is 27.3 Å². The SMILES string of the molecule is COCC(Br)CN(C)C(=O)c1ccc(O)c(O)c1. The smallest absolute Gasteiger partial charge is 0.253 e. The molecule has 0 bridgehead atoms. The maximum absolute atomic E-state index is 12.0. The molecule has 0 saturated heterocycles. The van der Waals surface area contributed by atoms with Crippen LogP contribution in [0.3, 0.4) is 0 Å². The molecule has 6 heteroatoms. The third-order valence-corrected chi connectivity index (χ3v) is 2.94. The molecule has 0 aliphatic carbocycles. The van der Waals surface area contributed by atoms with E-state index in [-0.39, 0.29) is 22.2 Å². The molecular formula is C12H16BrNO4. The van der Waals surface area contributed by atoms with Crippen molar-refractivity contribution >= 4 is 21.8 Å². The number of benzene rings is 1. The Labute approximate surface area is 114 Å². The van der Waals surface area contributed by atoms with Crippen molar-refractivity contribution in [1.82, 2.24) is 4.90 Å². The number of hydrogen-bond donors (Lipinski definition) is 2. The van der Waals surface area contributed by atoms with Gasteiger partial charge in [-0.15, -0.1) is 0 Å². The first-order valence-electron chi connectivity index (χ1n) is 5.36. The number of phenols is 2. The van der Waals surface area contributed by atoms with Crippen LogP contribution in [0.4, 0.5) is 0 Å². The summed E-state index contributed by atoms with van der Waals surface area (Å²) in [6.45, 7) is 0.979. The maximum atomic E-state index is 12.0. The summed E-state index contributed by atoms with van der Waals surface area (Å²) in [5.41, 5.74) is 0.324. The Bertz CT molecular complexity index is 425. The van der Waals surface area contributed by atoms with E-state index in [9.17, 15) is 15.0 Å². The third kappa shape index (κ3) is 3.89. The van der Waals surface area contributed by atoms with Crippen LogP contribution in [0.25, 0.3) is 0 Å². The van der Waals surface area contributed by atoms with Crippen molar-refractivity contribution in [2.45, 2.75) is 4.83 Å². The predicted molar refractivity (Wildman–Crippen MR) is 71.3 cm³/mol. The summed E-state index contributed by atoms with van der Waals surface area (Å²) in [4.78, 5) is 13.6. The van der Waals surface area contributed by atoms with E-state index in [4.69, 9.17) is 4.74 Å². The molecule has 0 radical (unpaired) electrons. The molecule has 0 saturated carbocycles. The van der Waals surface area contributed by atoms with Gasteiger partial charge in [0.15, 0.2) is 11.5 Å². The van der Waals surface area contributed by atoms with Gasteiger partial charge in [-0.25, -0.2) is 0 Å². The highest BCUT2D eigenvalue weighted by Gasteiger charge is 2.16. The first-order chi connectivity index (χ1) is 8.45. The highest BCUT2D eigenvalue weighted by atomic mass is 79.9. The first kappa shape index (κ1) is 14.8. The quantitative estimate of drug-likeness (QED) is 0.639. The molecule has 5 nitrogen and oxygen atoms in total. The normalized spacial score (nSPS) is 12.2. The summed E-state index contributed by atoms with van der Waals surface area (Å²) < 4.78 is 4.97. The van der Waals surface area contributed by atoms with Crippen molar-refractivity contribution in [3.05, 3.63) is 23.8 Å². The molecule has 0 aliphatic rings. The average molecular weight is 318 g/mol. The number of nitrogens with zero attached hydrogens (tertiary/aromatic N) is 1. The monoisotopic (exact) mass is 317 g/mol. The van der Waals surface area contributed by atoms with Crippen LogP contribution in [0.1, 0.15) is 10.4 Å². The van der Waals surface area contributed by atoms with Gasteiger partial charge in [0.05, 0.1) is 11.4 Å². The first-order valence-corrected chi connectivity index (χ1v) is 6.27. The summed E-state index contributed by atoms with van der Waals surface area (Å²) in [7, 11) is 3.25. The maximum Gasteiger partial charge on any atom is 0.253 e. The van der Waals surface area contributed by atoms with E-state index in [1.807, 2.05) is 0 Å². The molecule has 100 valence electrons. The number of hydrogen-bond acceptors (Lipinski definition) is 4. The number of alkyl halides is 1. The van der Waals surface area contributed by atoms with Gasteiger partial charge in [-0.3, -0.25) is 4.79 Å². The summed E-state index contributed by atoms with van der Waals surface area (Å²) in [6, 6.07) is 4.00. The number of carbonyl (C=O) groups is 1. The van der Waals surface area contributed by atoms with E-state index in [1.165, 1.54) is 23.1 Å². The van der Waals surface area contributed by atoms with Crippen molar-refractivity contribution < 1.29 is 19.7 Å². The number of carbonyl (C=O) groups excluding carboxylic acids is 1. The predicted octanol–water partition coefficient (Wildman–Crippen LogP) is 1.58. The zero-order valence-electron chi connectivity index (χ0n) is 10.3. The van der Waals surface area contributed by atoms with Gasteiger partial charge >= 0.3 is 0 Å². The third-order valence-electron chi connectivity index (χ3n) is 2.39. The fourth-order valence-electron chi connectivity index (χ4n) is 1.49. The fourth-order valence-corrected chi connectivity index (χ4v) is 2.19. The topological polar surface area (TPSA) is 70.0 Å². The van der Waals surface area contributed by atoms with E-state index in [0.717, 1.165) is 0 Å². The Morgan fingerprint density at radius 1 is 1.44 bits per heavy atom. The van der Waals surface area contributed by atoms with Crippen molar-refractivity contribution in [3.8, 4) is 11.5 Å². The van der Waals surface area contributed by atoms with Crippen LogP contribution in [-0.2, 0) is 4.74 Å². The summed E-state index contributed by atoms with van der Waals surface area (Å²) in [6.07, 6.45) is 0. The van der Waals surface area contributed by atoms with Crippen LogP contribution in [-0.4, -0.2) is 53.2 Å². The zero-order valence-corrected chi connectivity index (χ0v) is 11.8. The molecule has 1 rings (SSSR count). The molecule has 0 aromatic heterocycles. The molecule has 1 aromatic rings.